The molecule has 4 heterocycles. The summed E-state index contributed by atoms with van der Waals surface area (Å²) in [6.45, 7) is 8.67. The highest BCUT2D eigenvalue weighted by Gasteiger charge is 2.32. The first kappa shape index (κ1) is 27.9. The Hall–Kier alpha value is -3.70. The molecule has 212 valence electrons. The Morgan fingerprint density at radius 1 is 1.12 bits per heavy atom. The fourth-order valence-electron chi connectivity index (χ4n) is 4.68. The maximum Gasteiger partial charge on any atom is 0.415 e. The molecule has 12 heteroatoms. The molecule has 1 N–H and O–H groups in total. The Morgan fingerprint density at radius 2 is 1.88 bits per heavy atom. The molecule has 3 aromatic rings. The van der Waals surface area contributed by atoms with Crippen LogP contribution in [0.4, 0.5) is 25.5 Å². The monoisotopic (exact) mass is 572 g/mol. The van der Waals surface area contributed by atoms with E-state index in [1.165, 1.54) is 17.3 Å². The van der Waals surface area contributed by atoms with E-state index in [4.69, 9.17) is 30.5 Å². The van der Waals surface area contributed by atoms with Gasteiger partial charge in [-0.05, 0) is 50.8 Å². The van der Waals surface area contributed by atoms with Crippen molar-refractivity contribution in [1.82, 2.24) is 9.97 Å². The fourth-order valence-corrected chi connectivity index (χ4v) is 4.94. The molecule has 2 aliphatic heterocycles. The maximum absolute atomic E-state index is 15.7. The summed E-state index contributed by atoms with van der Waals surface area (Å²) in [6.07, 6.45) is 2.72. The lowest BCUT2D eigenvalue weighted by atomic mass is 9.97. The van der Waals surface area contributed by atoms with Crippen LogP contribution in [0.2, 0.25) is 5.02 Å². The van der Waals surface area contributed by atoms with Crippen LogP contribution in [0.15, 0.2) is 24.5 Å². The molecule has 1 fully saturated rings. The molecule has 2 amide bonds. The van der Waals surface area contributed by atoms with Crippen molar-refractivity contribution in [3.05, 3.63) is 40.9 Å². The first-order valence-corrected chi connectivity index (χ1v) is 13.4. The van der Waals surface area contributed by atoms with Gasteiger partial charge in [0.1, 0.15) is 35.6 Å². The van der Waals surface area contributed by atoms with Gasteiger partial charge in [0.2, 0.25) is 5.88 Å². The molecule has 1 aromatic carbocycles. The molecular weight excluding hydrogens is 543 g/mol. The van der Waals surface area contributed by atoms with Gasteiger partial charge in [0.15, 0.2) is 0 Å². The average Bonchev–Trinajstić information content (AvgIpc) is 2.90. The van der Waals surface area contributed by atoms with E-state index in [9.17, 15) is 9.59 Å². The first-order valence-electron chi connectivity index (χ1n) is 13.0. The number of amides is 2. The minimum atomic E-state index is -0.705. The molecule has 40 heavy (non-hydrogen) atoms. The number of halogens is 2. The third-order valence-electron chi connectivity index (χ3n) is 6.57. The van der Waals surface area contributed by atoms with E-state index in [0.29, 0.717) is 53.6 Å². The van der Waals surface area contributed by atoms with Crippen LogP contribution < -0.4 is 15.0 Å². The third kappa shape index (κ3) is 5.75. The van der Waals surface area contributed by atoms with E-state index in [-0.39, 0.29) is 41.5 Å². The summed E-state index contributed by atoms with van der Waals surface area (Å²) in [5.74, 6) is -0.187. The largest absolute Gasteiger partial charge is 0.474 e. The number of hydrogen-bond donors (Lipinski definition) is 1. The van der Waals surface area contributed by atoms with Crippen LogP contribution in [-0.4, -0.2) is 60.2 Å². The van der Waals surface area contributed by atoms with Crippen LogP contribution in [0.1, 0.15) is 39.2 Å². The number of carbonyl (C=O) groups excluding carboxylic acids is 2. The fraction of sp³-hybridized carbons (Fsp3) is 0.429. The molecule has 0 saturated carbocycles. The summed E-state index contributed by atoms with van der Waals surface area (Å²) in [7, 11) is 0. The molecule has 0 spiro atoms. The Labute approximate surface area is 235 Å². The Kier molecular flexibility index (Phi) is 7.70. The van der Waals surface area contributed by atoms with E-state index < -0.39 is 23.6 Å². The highest BCUT2D eigenvalue weighted by atomic mass is 35.5. The SMILES string of the molecule is Cc1c(-c2cc3cc(NC(=O)OC4CCOCC4)ncc3c(Cl)c2F)cnc2c1N(C(=O)OC(C)(C)C)CCO2. The number of ether oxygens (including phenoxy) is 4. The first-order chi connectivity index (χ1) is 19.0. The molecule has 2 aliphatic rings. The van der Waals surface area contributed by atoms with Crippen molar-refractivity contribution in [3.63, 3.8) is 0 Å². The minimum Gasteiger partial charge on any atom is -0.474 e. The molecule has 0 unspecified atom stereocenters. The van der Waals surface area contributed by atoms with Crippen molar-refractivity contribution in [2.45, 2.75) is 52.2 Å². The van der Waals surface area contributed by atoms with Gasteiger partial charge in [0.05, 0.1) is 24.8 Å². The minimum absolute atomic E-state index is 0.131. The van der Waals surface area contributed by atoms with Crippen molar-refractivity contribution >= 4 is 46.1 Å². The van der Waals surface area contributed by atoms with Gasteiger partial charge in [-0.15, -0.1) is 0 Å². The number of rotatable bonds is 3. The second kappa shape index (κ2) is 11.1. The molecule has 1 saturated heterocycles. The van der Waals surface area contributed by atoms with Gasteiger partial charge in [-0.25, -0.2) is 23.9 Å². The van der Waals surface area contributed by atoms with Gasteiger partial charge in [-0.1, -0.05) is 11.6 Å². The number of carbonyl (C=O) groups is 2. The second-order valence-electron chi connectivity index (χ2n) is 10.6. The second-order valence-corrected chi connectivity index (χ2v) is 11.0. The molecule has 5 rings (SSSR count). The Morgan fingerprint density at radius 3 is 2.60 bits per heavy atom. The summed E-state index contributed by atoms with van der Waals surface area (Å²) in [4.78, 5) is 35.4. The van der Waals surface area contributed by atoms with Crippen LogP contribution in [-0.2, 0) is 14.2 Å². The number of benzene rings is 1. The smallest absolute Gasteiger partial charge is 0.415 e. The van der Waals surface area contributed by atoms with Crippen LogP contribution in [0.5, 0.6) is 5.88 Å². The molecular formula is C28H30ClFN4O6. The van der Waals surface area contributed by atoms with Crippen LogP contribution >= 0.6 is 11.6 Å². The third-order valence-corrected chi connectivity index (χ3v) is 6.94. The lowest BCUT2D eigenvalue weighted by Crippen LogP contribution is -2.42. The van der Waals surface area contributed by atoms with E-state index in [2.05, 4.69) is 15.3 Å². The lowest BCUT2D eigenvalue weighted by molar-refractivity contribution is 0.00589. The zero-order valence-electron chi connectivity index (χ0n) is 22.7. The number of nitrogens with zero attached hydrogens (tertiary/aromatic N) is 3. The van der Waals surface area contributed by atoms with Gasteiger partial charge < -0.3 is 18.9 Å². The van der Waals surface area contributed by atoms with E-state index in [1.54, 1.807) is 39.8 Å². The summed E-state index contributed by atoms with van der Waals surface area (Å²) in [5.41, 5.74) is 0.855. The van der Waals surface area contributed by atoms with Crippen LogP contribution in [0.25, 0.3) is 21.9 Å². The number of anilines is 2. The molecule has 0 radical (unpaired) electrons. The summed E-state index contributed by atoms with van der Waals surface area (Å²) >= 11 is 6.45. The van der Waals surface area contributed by atoms with Gasteiger partial charge in [-0.2, -0.15) is 0 Å². The van der Waals surface area contributed by atoms with Crippen LogP contribution in [0, 0.1) is 12.7 Å². The molecule has 0 aliphatic carbocycles. The average molecular weight is 573 g/mol. The molecule has 0 bridgehead atoms. The van der Waals surface area contributed by atoms with Crippen LogP contribution in [0.3, 0.4) is 0 Å². The zero-order chi connectivity index (χ0) is 28.6. The van der Waals surface area contributed by atoms with Gasteiger partial charge in [-0.3, -0.25) is 10.2 Å². The van der Waals surface area contributed by atoms with Crippen molar-refractivity contribution in [2.24, 2.45) is 0 Å². The molecule has 10 nitrogen and oxygen atoms in total. The normalized spacial score (nSPS) is 15.8. The number of aromatic nitrogens is 2. The lowest BCUT2D eigenvalue weighted by Gasteiger charge is -2.32. The van der Waals surface area contributed by atoms with Gasteiger partial charge in [0, 0.05) is 41.7 Å². The maximum atomic E-state index is 15.7. The summed E-state index contributed by atoms with van der Waals surface area (Å²) < 4.78 is 37.7. The van der Waals surface area contributed by atoms with Crippen molar-refractivity contribution in [3.8, 4) is 17.0 Å². The molecule has 2 aromatic heterocycles. The van der Waals surface area contributed by atoms with Gasteiger partial charge in [0.25, 0.3) is 0 Å². The van der Waals surface area contributed by atoms with E-state index in [1.807, 2.05) is 0 Å². The topological polar surface area (TPSA) is 112 Å². The van der Waals surface area contributed by atoms with Gasteiger partial charge >= 0.3 is 12.2 Å². The standard InChI is InChI=1S/C28H30ClFN4O6/c1-15-19(13-32-25-24(15)34(7-10-38-25)27(36)40-28(2,3)4)18-11-16-12-21(31-14-20(16)22(29)23(18)30)33-26(35)39-17-5-8-37-9-6-17/h11-14,17H,5-10H2,1-4H3,(H,31,33,35). The van der Waals surface area contributed by atoms with E-state index >= 15 is 4.39 Å². The van der Waals surface area contributed by atoms with Crippen molar-refractivity contribution in [1.29, 1.82) is 0 Å². The Bertz CT molecular complexity index is 1470. The summed E-state index contributed by atoms with van der Waals surface area (Å²) in [5, 5.41) is 3.40. The van der Waals surface area contributed by atoms with E-state index in [0.717, 1.165) is 0 Å². The Balaban J connectivity index is 1.49. The number of fused-ring (bicyclic) bond motifs is 2. The van der Waals surface area contributed by atoms with Crippen molar-refractivity contribution < 1.29 is 32.9 Å². The zero-order valence-corrected chi connectivity index (χ0v) is 23.4. The quantitative estimate of drug-likeness (QED) is 0.391. The number of hydrogen-bond acceptors (Lipinski definition) is 8. The highest BCUT2D eigenvalue weighted by molar-refractivity contribution is 6.36. The summed E-state index contributed by atoms with van der Waals surface area (Å²) in [6, 6.07) is 3.19. The van der Waals surface area contributed by atoms with Crippen molar-refractivity contribution in [2.75, 3.05) is 36.6 Å². The predicted molar refractivity (Wildman–Crippen MR) is 148 cm³/mol. The number of nitrogens with one attached hydrogen (secondary N) is 1. The number of pyridine rings is 2. The predicted octanol–water partition coefficient (Wildman–Crippen LogP) is 6.26. The highest BCUT2D eigenvalue weighted by Crippen LogP contribution is 2.42. The molecule has 0 atom stereocenters.